The van der Waals surface area contributed by atoms with E-state index in [1.807, 2.05) is 42.5 Å². The van der Waals surface area contributed by atoms with Crippen molar-refractivity contribution >= 4 is 28.9 Å². The molecule has 1 N–H and O–H groups in total. The SMILES string of the molecule is COc1ccc(C2Nc3ccccc3C(=O)N2c2ccc(F)c(Cl)c2)cc1. The van der Waals surface area contributed by atoms with Gasteiger partial charge in [0.05, 0.1) is 17.7 Å². The molecule has 3 aromatic rings. The molecule has 0 fully saturated rings. The number of carbonyl (C=O) groups excluding carboxylic acids is 1. The van der Waals surface area contributed by atoms with Crippen LogP contribution in [0.4, 0.5) is 15.8 Å². The van der Waals surface area contributed by atoms with Crippen molar-refractivity contribution in [3.63, 3.8) is 0 Å². The highest BCUT2D eigenvalue weighted by Gasteiger charge is 2.34. The topological polar surface area (TPSA) is 41.6 Å². The van der Waals surface area contributed by atoms with Crippen molar-refractivity contribution in [3.05, 3.63) is 88.7 Å². The van der Waals surface area contributed by atoms with Gasteiger partial charge < -0.3 is 10.1 Å². The molecule has 0 spiro atoms. The van der Waals surface area contributed by atoms with E-state index < -0.39 is 12.0 Å². The third kappa shape index (κ3) is 3.11. The Bertz CT molecular complexity index is 1010. The van der Waals surface area contributed by atoms with Crippen molar-refractivity contribution in [2.24, 2.45) is 0 Å². The molecule has 4 nitrogen and oxygen atoms in total. The molecule has 1 unspecified atom stereocenters. The number of nitrogens with one attached hydrogen (secondary N) is 1. The van der Waals surface area contributed by atoms with Crippen LogP contribution in [-0.2, 0) is 0 Å². The Labute approximate surface area is 161 Å². The molecule has 1 aliphatic rings. The summed E-state index contributed by atoms with van der Waals surface area (Å²) in [7, 11) is 1.60. The number of fused-ring (bicyclic) bond motifs is 1. The molecule has 0 aliphatic carbocycles. The van der Waals surface area contributed by atoms with Crippen LogP contribution >= 0.6 is 11.6 Å². The molecule has 27 heavy (non-hydrogen) atoms. The molecule has 1 amide bonds. The first-order valence-corrected chi connectivity index (χ1v) is 8.74. The summed E-state index contributed by atoms with van der Waals surface area (Å²) in [6.07, 6.45) is -0.472. The summed E-state index contributed by atoms with van der Waals surface area (Å²) in [5.41, 5.74) is 2.66. The van der Waals surface area contributed by atoms with Crippen molar-refractivity contribution in [1.82, 2.24) is 0 Å². The maximum atomic E-state index is 13.6. The first kappa shape index (κ1) is 17.4. The lowest BCUT2D eigenvalue weighted by Gasteiger charge is -2.38. The van der Waals surface area contributed by atoms with Gasteiger partial charge in [0.2, 0.25) is 0 Å². The number of hydrogen-bond donors (Lipinski definition) is 1. The van der Waals surface area contributed by atoms with Crippen LogP contribution < -0.4 is 15.0 Å². The number of para-hydroxylation sites is 1. The van der Waals surface area contributed by atoms with Crippen LogP contribution in [0.5, 0.6) is 5.75 Å². The number of carbonyl (C=O) groups is 1. The fourth-order valence-corrected chi connectivity index (χ4v) is 3.35. The molecule has 0 saturated carbocycles. The van der Waals surface area contributed by atoms with Gasteiger partial charge in [-0.15, -0.1) is 0 Å². The van der Waals surface area contributed by atoms with E-state index in [1.54, 1.807) is 24.1 Å². The van der Waals surface area contributed by atoms with Gasteiger partial charge in [-0.3, -0.25) is 9.69 Å². The quantitative estimate of drug-likeness (QED) is 0.671. The van der Waals surface area contributed by atoms with Crippen LogP contribution in [0.2, 0.25) is 5.02 Å². The van der Waals surface area contributed by atoms with Crippen LogP contribution in [0, 0.1) is 5.82 Å². The lowest BCUT2D eigenvalue weighted by molar-refractivity contribution is 0.0975. The fourth-order valence-electron chi connectivity index (χ4n) is 3.17. The second-order valence-corrected chi connectivity index (χ2v) is 6.55. The molecule has 0 bridgehead atoms. The van der Waals surface area contributed by atoms with Crippen molar-refractivity contribution < 1.29 is 13.9 Å². The fraction of sp³-hybridized carbons (Fsp3) is 0.0952. The predicted molar refractivity (Wildman–Crippen MR) is 104 cm³/mol. The summed E-state index contributed by atoms with van der Waals surface area (Å²) < 4.78 is 18.9. The van der Waals surface area contributed by atoms with E-state index in [4.69, 9.17) is 16.3 Å². The molecule has 6 heteroatoms. The number of rotatable bonds is 3. The summed E-state index contributed by atoms with van der Waals surface area (Å²) in [5, 5.41) is 3.36. The number of hydrogen-bond acceptors (Lipinski definition) is 3. The van der Waals surface area contributed by atoms with Crippen LogP contribution in [0.3, 0.4) is 0 Å². The maximum Gasteiger partial charge on any atom is 0.262 e. The number of anilines is 2. The summed E-state index contributed by atoms with van der Waals surface area (Å²) in [6, 6.07) is 19.0. The van der Waals surface area contributed by atoms with Gasteiger partial charge in [0.15, 0.2) is 0 Å². The van der Waals surface area contributed by atoms with Crippen LogP contribution in [0.1, 0.15) is 22.1 Å². The van der Waals surface area contributed by atoms with E-state index in [0.717, 1.165) is 17.0 Å². The molecular weight excluding hydrogens is 367 g/mol. The van der Waals surface area contributed by atoms with Gasteiger partial charge >= 0.3 is 0 Å². The Morgan fingerprint density at radius 1 is 1.07 bits per heavy atom. The molecule has 0 radical (unpaired) electrons. The number of ether oxygens (including phenoxy) is 1. The smallest absolute Gasteiger partial charge is 0.262 e. The number of halogens is 2. The lowest BCUT2D eigenvalue weighted by atomic mass is 10.0. The molecule has 3 aromatic carbocycles. The van der Waals surface area contributed by atoms with E-state index in [1.165, 1.54) is 12.1 Å². The van der Waals surface area contributed by atoms with Gasteiger partial charge in [0.25, 0.3) is 5.91 Å². The number of methoxy groups -OCH3 is 1. The van der Waals surface area contributed by atoms with Gasteiger partial charge in [-0.1, -0.05) is 35.9 Å². The van der Waals surface area contributed by atoms with E-state index in [-0.39, 0.29) is 10.9 Å². The summed E-state index contributed by atoms with van der Waals surface area (Å²) in [6.45, 7) is 0. The van der Waals surface area contributed by atoms with Gasteiger partial charge in [-0.05, 0) is 48.0 Å². The van der Waals surface area contributed by atoms with Crippen molar-refractivity contribution in [1.29, 1.82) is 0 Å². The standard InChI is InChI=1S/C21H16ClFN2O2/c1-27-15-9-6-13(7-10-15)20-24-19-5-3-2-4-16(19)21(26)25(20)14-8-11-18(23)17(22)12-14/h2-12,20,24H,1H3. The second-order valence-electron chi connectivity index (χ2n) is 6.14. The third-order valence-corrected chi connectivity index (χ3v) is 4.83. The summed E-state index contributed by atoms with van der Waals surface area (Å²) in [5.74, 6) is 0.00439. The van der Waals surface area contributed by atoms with Crippen molar-refractivity contribution in [2.45, 2.75) is 6.17 Å². The Kier molecular flexibility index (Phi) is 4.46. The average Bonchev–Trinajstić information content (AvgIpc) is 2.70. The molecule has 0 aromatic heterocycles. The lowest BCUT2D eigenvalue weighted by Crippen LogP contribution is -2.43. The second kappa shape index (κ2) is 6.93. The molecule has 1 atom stereocenters. The monoisotopic (exact) mass is 382 g/mol. The minimum Gasteiger partial charge on any atom is -0.497 e. The molecule has 4 rings (SSSR count). The zero-order chi connectivity index (χ0) is 19.0. The molecular formula is C21H16ClFN2O2. The van der Waals surface area contributed by atoms with Gasteiger partial charge in [-0.25, -0.2) is 4.39 Å². The van der Waals surface area contributed by atoms with Crippen molar-refractivity contribution in [3.8, 4) is 5.75 Å². The molecule has 1 aliphatic heterocycles. The molecule has 136 valence electrons. The minimum atomic E-state index is -0.528. The van der Waals surface area contributed by atoms with Crippen LogP contribution in [-0.4, -0.2) is 13.0 Å². The largest absolute Gasteiger partial charge is 0.497 e. The summed E-state index contributed by atoms with van der Waals surface area (Å²) in [4.78, 5) is 14.8. The van der Waals surface area contributed by atoms with Crippen LogP contribution in [0.15, 0.2) is 66.7 Å². The van der Waals surface area contributed by atoms with E-state index in [2.05, 4.69) is 5.32 Å². The van der Waals surface area contributed by atoms with E-state index >= 15 is 0 Å². The Morgan fingerprint density at radius 2 is 1.81 bits per heavy atom. The Balaban J connectivity index is 1.84. The van der Waals surface area contributed by atoms with Gasteiger partial charge in [0.1, 0.15) is 17.7 Å². The molecule has 1 heterocycles. The molecule has 0 saturated heterocycles. The number of benzene rings is 3. The van der Waals surface area contributed by atoms with Crippen LogP contribution in [0.25, 0.3) is 0 Å². The average molecular weight is 383 g/mol. The zero-order valence-corrected chi connectivity index (χ0v) is 15.2. The van der Waals surface area contributed by atoms with Gasteiger partial charge in [-0.2, -0.15) is 0 Å². The predicted octanol–water partition coefficient (Wildman–Crippen LogP) is 5.26. The highest BCUT2D eigenvalue weighted by Crippen LogP contribution is 2.38. The number of nitrogens with zero attached hydrogens (tertiary/aromatic N) is 1. The summed E-state index contributed by atoms with van der Waals surface area (Å²) >= 11 is 5.96. The zero-order valence-electron chi connectivity index (χ0n) is 14.4. The Hall–Kier alpha value is -3.05. The van der Waals surface area contributed by atoms with E-state index in [9.17, 15) is 9.18 Å². The minimum absolute atomic E-state index is 0.0346. The highest BCUT2D eigenvalue weighted by molar-refractivity contribution is 6.31. The first-order chi connectivity index (χ1) is 13.1. The number of amides is 1. The van der Waals surface area contributed by atoms with E-state index in [0.29, 0.717) is 11.3 Å². The van der Waals surface area contributed by atoms with Gasteiger partial charge in [0, 0.05) is 11.4 Å². The van der Waals surface area contributed by atoms with Crippen molar-refractivity contribution in [2.75, 3.05) is 17.3 Å². The first-order valence-electron chi connectivity index (χ1n) is 8.36. The normalized spacial score (nSPS) is 15.9. The maximum absolute atomic E-state index is 13.6. The third-order valence-electron chi connectivity index (χ3n) is 4.54. The Morgan fingerprint density at radius 3 is 2.52 bits per heavy atom. The highest BCUT2D eigenvalue weighted by atomic mass is 35.5.